The molecule has 1 N–H and O–H groups in total. The van der Waals surface area contributed by atoms with Crippen LogP contribution < -0.4 is 5.32 Å². The van der Waals surface area contributed by atoms with Gasteiger partial charge in [0.15, 0.2) is 0 Å². The largest absolute Gasteiger partial charge is 0.336 e. The molecule has 25 heavy (non-hydrogen) atoms. The number of nitrogens with zero attached hydrogens (tertiary/aromatic N) is 4. The van der Waals surface area contributed by atoms with E-state index in [1.807, 2.05) is 28.8 Å². The van der Waals surface area contributed by atoms with Crippen molar-refractivity contribution in [3.63, 3.8) is 0 Å². The molecule has 0 spiro atoms. The van der Waals surface area contributed by atoms with Crippen molar-refractivity contribution < 1.29 is 9.59 Å². The predicted octanol–water partition coefficient (Wildman–Crippen LogP) is 1.90. The van der Waals surface area contributed by atoms with Crippen LogP contribution in [0.15, 0.2) is 36.8 Å². The molecule has 2 aromatic rings. The van der Waals surface area contributed by atoms with E-state index >= 15 is 0 Å². The lowest BCUT2D eigenvalue weighted by Crippen LogP contribution is -2.48. The molecule has 1 aliphatic carbocycles. The van der Waals surface area contributed by atoms with Crippen molar-refractivity contribution >= 4 is 17.6 Å². The van der Waals surface area contributed by atoms with Gasteiger partial charge in [0.1, 0.15) is 17.7 Å². The topological polar surface area (TPSA) is 80.1 Å². The molecule has 0 radical (unpaired) electrons. The van der Waals surface area contributed by atoms with Crippen LogP contribution in [0.3, 0.4) is 0 Å². The van der Waals surface area contributed by atoms with Crippen LogP contribution in [0, 0.1) is 5.92 Å². The summed E-state index contributed by atoms with van der Waals surface area (Å²) in [5.41, 5.74) is 0. The number of imidazole rings is 1. The number of likely N-dealkylation sites (tertiary alicyclic amines) is 1. The summed E-state index contributed by atoms with van der Waals surface area (Å²) >= 11 is 0. The van der Waals surface area contributed by atoms with Gasteiger partial charge in [-0.3, -0.25) is 9.59 Å². The zero-order valence-electron chi connectivity index (χ0n) is 14.1. The van der Waals surface area contributed by atoms with E-state index in [1.54, 1.807) is 24.5 Å². The zero-order chi connectivity index (χ0) is 17.4. The molecule has 2 fully saturated rings. The highest BCUT2D eigenvalue weighted by atomic mass is 16.2. The Morgan fingerprint density at radius 2 is 2.04 bits per heavy atom. The van der Waals surface area contributed by atoms with E-state index < -0.39 is 0 Å². The van der Waals surface area contributed by atoms with E-state index in [-0.39, 0.29) is 29.8 Å². The van der Waals surface area contributed by atoms with Crippen molar-refractivity contribution in [2.75, 3.05) is 5.32 Å². The van der Waals surface area contributed by atoms with Crippen molar-refractivity contribution in [2.45, 2.75) is 37.8 Å². The van der Waals surface area contributed by atoms with Crippen molar-refractivity contribution in [2.24, 2.45) is 13.0 Å². The summed E-state index contributed by atoms with van der Waals surface area (Å²) in [4.78, 5) is 36.0. The number of hydrogen-bond acceptors (Lipinski definition) is 4. The number of hydrogen-bond donors (Lipinski definition) is 1. The number of nitrogens with one attached hydrogen (secondary N) is 1. The Labute approximate surface area is 146 Å². The van der Waals surface area contributed by atoms with E-state index in [9.17, 15) is 9.59 Å². The van der Waals surface area contributed by atoms with Crippen LogP contribution >= 0.6 is 0 Å². The van der Waals surface area contributed by atoms with Crippen LogP contribution in [-0.4, -0.2) is 37.3 Å². The fourth-order valence-electron chi connectivity index (χ4n) is 3.59. The third-order valence-electron chi connectivity index (χ3n) is 4.95. The maximum atomic E-state index is 13.0. The molecule has 2 aliphatic rings. The van der Waals surface area contributed by atoms with Crippen LogP contribution in [-0.2, 0) is 16.6 Å². The number of anilines is 1. The highest BCUT2D eigenvalue weighted by Crippen LogP contribution is 2.43. The van der Waals surface area contributed by atoms with Gasteiger partial charge in [0.25, 0.3) is 0 Å². The van der Waals surface area contributed by atoms with E-state index in [0.29, 0.717) is 18.7 Å². The molecule has 1 aliphatic heterocycles. The Kier molecular flexibility index (Phi) is 3.99. The van der Waals surface area contributed by atoms with Gasteiger partial charge in [-0.1, -0.05) is 6.07 Å². The molecule has 2 atom stereocenters. The van der Waals surface area contributed by atoms with Gasteiger partial charge in [-0.2, -0.15) is 0 Å². The molecule has 7 nitrogen and oxygen atoms in total. The van der Waals surface area contributed by atoms with Crippen LogP contribution in [0.25, 0.3) is 0 Å². The molecule has 2 aromatic heterocycles. The second-order valence-corrected chi connectivity index (χ2v) is 6.72. The summed E-state index contributed by atoms with van der Waals surface area (Å²) < 4.78 is 1.90. The summed E-state index contributed by atoms with van der Waals surface area (Å²) in [6, 6.07) is 5.32. The van der Waals surface area contributed by atoms with Crippen LogP contribution in [0.2, 0.25) is 0 Å². The SMILES string of the molecule is Cn1ccnc1[C@@H]1[C@@H](C(=O)Nc2ccccn2)CCC(=O)N1C1CC1. The average molecular weight is 339 g/mol. The maximum Gasteiger partial charge on any atom is 0.231 e. The minimum atomic E-state index is -0.332. The first-order valence-corrected chi connectivity index (χ1v) is 8.65. The molecule has 3 heterocycles. The van der Waals surface area contributed by atoms with E-state index in [4.69, 9.17) is 0 Å². The van der Waals surface area contributed by atoms with Crippen molar-refractivity contribution in [3.05, 3.63) is 42.6 Å². The van der Waals surface area contributed by atoms with Gasteiger partial charge in [-0.25, -0.2) is 9.97 Å². The number of amides is 2. The quantitative estimate of drug-likeness (QED) is 0.922. The number of piperidine rings is 1. The lowest BCUT2D eigenvalue weighted by atomic mass is 9.87. The lowest BCUT2D eigenvalue weighted by molar-refractivity contribution is -0.143. The second kappa shape index (κ2) is 6.31. The van der Waals surface area contributed by atoms with Gasteiger partial charge in [-0.05, 0) is 31.4 Å². The monoisotopic (exact) mass is 339 g/mol. The fourth-order valence-corrected chi connectivity index (χ4v) is 3.59. The van der Waals surface area contributed by atoms with Gasteiger partial charge in [0, 0.05) is 38.1 Å². The number of carbonyl (C=O) groups excluding carboxylic acids is 2. The maximum absolute atomic E-state index is 13.0. The first-order valence-electron chi connectivity index (χ1n) is 8.65. The number of rotatable bonds is 4. The van der Waals surface area contributed by atoms with Crippen LogP contribution in [0.1, 0.15) is 37.5 Å². The molecule has 7 heteroatoms. The second-order valence-electron chi connectivity index (χ2n) is 6.72. The molecular weight excluding hydrogens is 318 g/mol. The fraction of sp³-hybridized carbons (Fsp3) is 0.444. The molecule has 1 saturated heterocycles. The van der Waals surface area contributed by atoms with Crippen LogP contribution in [0.5, 0.6) is 0 Å². The first kappa shape index (κ1) is 15.8. The van der Waals surface area contributed by atoms with Gasteiger partial charge < -0.3 is 14.8 Å². The van der Waals surface area contributed by atoms with Crippen molar-refractivity contribution in [1.82, 2.24) is 19.4 Å². The van der Waals surface area contributed by atoms with Gasteiger partial charge >= 0.3 is 0 Å². The number of aryl methyl sites for hydroxylation is 1. The van der Waals surface area contributed by atoms with E-state index in [2.05, 4.69) is 15.3 Å². The summed E-state index contributed by atoms with van der Waals surface area (Å²) in [5.74, 6) is 0.978. The van der Waals surface area contributed by atoms with Gasteiger partial charge in [0.2, 0.25) is 11.8 Å². The number of pyridine rings is 1. The molecule has 0 bridgehead atoms. The molecular formula is C18H21N5O2. The third-order valence-corrected chi connectivity index (χ3v) is 4.95. The Hall–Kier alpha value is -2.70. The summed E-state index contributed by atoms with van der Waals surface area (Å²) in [7, 11) is 1.90. The lowest BCUT2D eigenvalue weighted by Gasteiger charge is -2.40. The molecule has 1 saturated carbocycles. The molecule has 2 amide bonds. The van der Waals surface area contributed by atoms with Crippen molar-refractivity contribution in [3.8, 4) is 0 Å². The standard InChI is InChI=1S/C18H21N5O2/c1-22-11-10-20-17(22)16-13(7-8-15(24)23(16)12-5-6-12)18(25)21-14-4-2-3-9-19-14/h2-4,9-13,16H,5-8H2,1H3,(H,19,21,25)/t13-,16-/m0/s1. The normalized spacial score (nSPS) is 23.6. The highest BCUT2D eigenvalue weighted by Gasteiger charge is 2.48. The summed E-state index contributed by atoms with van der Waals surface area (Å²) in [5, 5.41) is 2.89. The zero-order valence-corrected chi connectivity index (χ0v) is 14.1. The molecule has 130 valence electrons. The minimum absolute atomic E-state index is 0.107. The third kappa shape index (κ3) is 3.01. The number of carbonyl (C=O) groups is 2. The van der Waals surface area contributed by atoms with Gasteiger partial charge in [-0.15, -0.1) is 0 Å². The number of aromatic nitrogens is 3. The van der Waals surface area contributed by atoms with Crippen molar-refractivity contribution in [1.29, 1.82) is 0 Å². The van der Waals surface area contributed by atoms with Gasteiger partial charge in [0.05, 0.1) is 5.92 Å². The highest BCUT2D eigenvalue weighted by molar-refractivity contribution is 5.94. The smallest absolute Gasteiger partial charge is 0.231 e. The Morgan fingerprint density at radius 3 is 2.68 bits per heavy atom. The van der Waals surface area contributed by atoms with Crippen LogP contribution in [0.4, 0.5) is 5.82 Å². The minimum Gasteiger partial charge on any atom is -0.336 e. The molecule has 4 rings (SSSR count). The Bertz CT molecular complexity index is 784. The first-order chi connectivity index (χ1) is 12.1. The Morgan fingerprint density at radius 1 is 1.20 bits per heavy atom. The summed E-state index contributed by atoms with van der Waals surface area (Å²) in [6.07, 6.45) is 8.14. The predicted molar refractivity (Wildman–Crippen MR) is 91.4 cm³/mol. The molecule has 0 aromatic carbocycles. The van der Waals surface area contributed by atoms with E-state index in [1.165, 1.54) is 0 Å². The average Bonchev–Trinajstić information content (AvgIpc) is 3.36. The molecule has 0 unspecified atom stereocenters. The summed E-state index contributed by atoms with van der Waals surface area (Å²) in [6.45, 7) is 0. The van der Waals surface area contributed by atoms with E-state index in [0.717, 1.165) is 18.7 Å². The Balaban J connectivity index is 1.65.